The van der Waals surface area contributed by atoms with Gasteiger partial charge in [-0.25, -0.2) is 0 Å². The Morgan fingerprint density at radius 2 is 1.80 bits per heavy atom. The van der Waals surface area contributed by atoms with Gasteiger partial charge in [-0.05, 0) is 31.8 Å². The maximum absolute atomic E-state index is 5.20. The summed E-state index contributed by atoms with van der Waals surface area (Å²) in [4.78, 5) is 0. The first-order valence-corrected chi connectivity index (χ1v) is 5.82. The Morgan fingerprint density at radius 3 is 2.47 bits per heavy atom. The first-order valence-electron chi connectivity index (χ1n) is 5.82. The third-order valence-electron chi connectivity index (χ3n) is 2.78. The molecule has 0 aromatic carbocycles. The molecule has 0 atom stereocenters. The minimum absolute atomic E-state index is 0.936. The molecule has 0 fully saturated rings. The third kappa shape index (κ3) is 4.70. The van der Waals surface area contributed by atoms with Gasteiger partial charge < -0.3 is 0 Å². The third-order valence-corrected chi connectivity index (χ3v) is 2.78. The van der Waals surface area contributed by atoms with Crippen molar-refractivity contribution in [3.8, 4) is 12.3 Å². The zero-order valence-electron chi connectivity index (χ0n) is 9.63. The summed E-state index contributed by atoms with van der Waals surface area (Å²) in [7, 11) is 0. The molecule has 0 saturated carbocycles. The van der Waals surface area contributed by atoms with Crippen molar-refractivity contribution >= 4 is 0 Å². The number of terminal acetylenes is 1. The van der Waals surface area contributed by atoms with Crippen LogP contribution in [0.15, 0.2) is 35.5 Å². The van der Waals surface area contributed by atoms with Crippen LogP contribution in [0.4, 0.5) is 0 Å². The fourth-order valence-corrected chi connectivity index (χ4v) is 1.77. The van der Waals surface area contributed by atoms with E-state index in [4.69, 9.17) is 6.42 Å². The van der Waals surface area contributed by atoms with E-state index in [9.17, 15) is 0 Å². The van der Waals surface area contributed by atoms with Gasteiger partial charge in [-0.1, -0.05) is 42.7 Å². The molecule has 0 N–H and O–H groups in total. The van der Waals surface area contributed by atoms with Gasteiger partial charge in [-0.3, -0.25) is 0 Å². The molecule has 1 rings (SSSR count). The van der Waals surface area contributed by atoms with Crippen LogP contribution in [0.1, 0.15) is 45.4 Å². The number of unbranched alkanes of at least 4 members (excludes halogenated alkanes) is 4. The monoisotopic (exact) mass is 200 g/mol. The van der Waals surface area contributed by atoms with Crippen LogP contribution in [0.3, 0.4) is 0 Å². The van der Waals surface area contributed by atoms with Crippen LogP contribution in [-0.2, 0) is 0 Å². The van der Waals surface area contributed by atoms with Crippen LogP contribution >= 0.6 is 0 Å². The van der Waals surface area contributed by atoms with Crippen LogP contribution in [0.25, 0.3) is 0 Å². The van der Waals surface area contributed by atoms with E-state index in [0.29, 0.717) is 0 Å². The summed E-state index contributed by atoms with van der Waals surface area (Å²) in [6.45, 7) is 2.23. The first-order chi connectivity index (χ1) is 7.34. The highest BCUT2D eigenvalue weighted by molar-refractivity contribution is 5.42. The molecule has 0 heteroatoms. The molecule has 0 amide bonds. The Kier molecular flexibility index (Phi) is 5.63. The van der Waals surface area contributed by atoms with Gasteiger partial charge in [0.1, 0.15) is 0 Å². The van der Waals surface area contributed by atoms with Crippen molar-refractivity contribution in [3.63, 3.8) is 0 Å². The molecule has 1 aliphatic rings. The summed E-state index contributed by atoms with van der Waals surface area (Å²) in [5, 5.41) is 0. The first kappa shape index (κ1) is 11.9. The molecule has 0 radical (unpaired) electrons. The maximum atomic E-state index is 5.20. The largest absolute Gasteiger partial charge is 0.120 e. The van der Waals surface area contributed by atoms with Crippen molar-refractivity contribution in [2.75, 3.05) is 0 Å². The lowest BCUT2D eigenvalue weighted by atomic mass is 10.0. The lowest BCUT2D eigenvalue weighted by Crippen LogP contribution is -1.84. The number of allylic oxidation sites excluding steroid dienone is 6. The molecule has 0 saturated heterocycles. The highest BCUT2D eigenvalue weighted by Gasteiger charge is 1.98. The van der Waals surface area contributed by atoms with Gasteiger partial charge in [0, 0.05) is 6.42 Å². The minimum Gasteiger partial charge on any atom is -0.120 e. The predicted molar refractivity (Wildman–Crippen MR) is 67.5 cm³/mol. The second kappa shape index (κ2) is 7.12. The van der Waals surface area contributed by atoms with Crippen LogP contribution in [0, 0.1) is 12.3 Å². The van der Waals surface area contributed by atoms with Gasteiger partial charge in [0.15, 0.2) is 0 Å². The van der Waals surface area contributed by atoms with Crippen LogP contribution in [0.5, 0.6) is 0 Å². The average Bonchev–Trinajstić information content (AvgIpc) is 2.76. The van der Waals surface area contributed by atoms with Crippen molar-refractivity contribution in [2.45, 2.75) is 45.4 Å². The molecule has 80 valence electrons. The Labute approximate surface area is 93.8 Å². The lowest BCUT2D eigenvalue weighted by Gasteiger charge is -2.03. The quantitative estimate of drug-likeness (QED) is 0.440. The summed E-state index contributed by atoms with van der Waals surface area (Å²) >= 11 is 0. The molecule has 0 heterocycles. The summed E-state index contributed by atoms with van der Waals surface area (Å²) in [6.07, 6.45) is 21.0. The topological polar surface area (TPSA) is 0 Å². The average molecular weight is 200 g/mol. The van der Waals surface area contributed by atoms with Crippen molar-refractivity contribution in [1.82, 2.24) is 0 Å². The Balaban J connectivity index is 2.10. The molecule has 0 nitrogen and oxygen atoms in total. The summed E-state index contributed by atoms with van der Waals surface area (Å²) < 4.78 is 0. The van der Waals surface area contributed by atoms with E-state index in [2.05, 4.69) is 37.1 Å². The van der Waals surface area contributed by atoms with E-state index in [1.165, 1.54) is 43.3 Å². The maximum Gasteiger partial charge on any atom is 0.00860 e. The lowest BCUT2D eigenvalue weighted by molar-refractivity contribution is 0.647. The summed E-state index contributed by atoms with van der Waals surface area (Å²) in [6, 6.07) is 0. The van der Waals surface area contributed by atoms with E-state index in [1.54, 1.807) is 0 Å². The fourth-order valence-electron chi connectivity index (χ4n) is 1.77. The summed E-state index contributed by atoms with van der Waals surface area (Å²) in [5.41, 5.74) is 2.91. The molecule has 0 aromatic rings. The molecule has 0 aromatic heterocycles. The number of hydrogen-bond donors (Lipinski definition) is 0. The molecule has 0 unspecified atom stereocenters. The van der Waals surface area contributed by atoms with Crippen LogP contribution < -0.4 is 0 Å². The minimum atomic E-state index is 0.936. The van der Waals surface area contributed by atoms with Crippen LogP contribution in [-0.4, -0.2) is 0 Å². The highest BCUT2D eigenvalue weighted by Crippen LogP contribution is 2.18. The second-order valence-electron chi connectivity index (χ2n) is 4.07. The Hall–Kier alpha value is -1.22. The van der Waals surface area contributed by atoms with Crippen molar-refractivity contribution in [3.05, 3.63) is 35.5 Å². The fraction of sp³-hybridized carbons (Fsp3) is 0.467. The van der Waals surface area contributed by atoms with E-state index in [1.807, 2.05) is 0 Å². The van der Waals surface area contributed by atoms with E-state index < -0.39 is 0 Å². The molecule has 0 bridgehead atoms. The van der Waals surface area contributed by atoms with Crippen LogP contribution in [0.2, 0.25) is 0 Å². The zero-order valence-corrected chi connectivity index (χ0v) is 9.63. The smallest absolute Gasteiger partial charge is 0.00860 e. The standard InChI is InChI=1S/C15H20/c1-3-4-5-6-7-8-11-14(2)15-12-9-10-13-15/h1,9-10,12-13H,4-8,11H2,2H3. The van der Waals surface area contributed by atoms with Gasteiger partial charge >= 0.3 is 0 Å². The summed E-state index contributed by atoms with van der Waals surface area (Å²) in [5.74, 6) is 2.68. The molecular formula is C15H20. The van der Waals surface area contributed by atoms with Gasteiger partial charge in [-0.15, -0.1) is 12.3 Å². The van der Waals surface area contributed by atoms with E-state index >= 15 is 0 Å². The molecule has 1 aliphatic carbocycles. The van der Waals surface area contributed by atoms with Gasteiger partial charge in [0.25, 0.3) is 0 Å². The molecule has 0 spiro atoms. The normalized spacial score (nSPS) is 13.2. The molecule has 15 heavy (non-hydrogen) atoms. The van der Waals surface area contributed by atoms with Gasteiger partial charge in [0.05, 0.1) is 0 Å². The zero-order chi connectivity index (χ0) is 10.9. The number of hydrogen-bond acceptors (Lipinski definition) is 0. The van der Waals surface area contributed by atoms with Crippen molar-refractivity contribution in [2.24, 2.45) is 0 Å². The number of rotatable bonds is 6. The van der Waals surface area contributed by atoms with E-state index in [0.717, 1.165) is 6.42 Å². The molecular weight excluding hydrogens is 180 g/mol. The van der Waals surface area contributed by atoms with E-state index in [-0.39, 0.29) is 0 Å². The SMILES string of the molecule is C#CCCCCCCC(C)=C1C=CC=C1. The Bertz CT molecular complexity index is 293. The van der Waals surface area contributed by atoms with Gasteiger partial charge in [-0.2, -0.15) is 0 Å². The Morgan fingerprint density at radius 1 is 1.13 bits per heavy atom. The predicted octanol–water partition coefficient (Wildman–Crippen LogP) is 4.40. The second-order valence-corrected chi connectivity index (χ2v) is 4.07. The van der Waals surface area contributed by atoms with Crippen molar-refractivity contribution < 1.29 is 0 Å². The van der Waals surface area contributed by atoms with Gasteiger partial charge in [0.2, 0.25) is 0 Å². The van der Waals surface area contributed by atoms with Crippen molar-refractivity contribution in [1.29, 1.82) is 0 Å². The molecule has 0 aliphatic heterocycles. The highest BCUT2D eigenvalue weighted by atomic mass is 14.0.